The Morgan fingerprint density at radius 2 is 2.25 bits per heavy atom. The summed E-state index contributed by atoms with van der Waals surface area (Å²) >= 11 is 0. The Morgan fingerprint density at radius 3 is 2.67 bits per heavy atom. The molecule has 2 unspecified atom stereocenters. The summed E-state index contributed by atoms with van der Waals surface area (Å²) in [4.78, 5) is 0. The highest BCUT2D eigenvalue weighted by molar-refractivity contribution is 4.88. The molecule has 1 heterocycles. The maximum absolute atomic E-state index is 14.0. The third kappa shape index (κ3) is 2.44. The molecule has 12 heavy (non-hydrogen) atoms. The molecule has 1 aliphatic rings. The zero-order valence-electron chi connectivity index (χ0n) is 8.36. The second kappa shape index (κ2) is 3.73. The van der Waals surface area contributed by atoms with Crippen molar-refractivity contribution in [2.45, 2.75) is 39.3 Å². The highest BCUT2D eigenvalue weighted by Crippen LogP contribution is 2.32. The SMILES string of the molecule is CC(C)CC(C)(F)C1CCNC1. The van der Waals surface area contributed by atoms with E-state index >= 15 is 0 Å². The fourth-order valence-electron chi connectivity index (χ4n) is 2.13. The zero-order chi connectivity index (χ0) is 9.19. The number of hydrogen-bond acceptors (Lipinski definition) is 1. The van der Waals surface area contributed by atoms with Crippen molar-refractivity contribution in [1.29, 1.82) is 0 Å². The second-order valence-corrected chi connectivity index (χ2v) is 4.57. The molecule has 0 aromatic heterocycles. The van der Waals surface area contributed by atoms with Gasteiger partial charge in [0.15, 0.2) is 0 Å². The van der Waals surface area contributed by atoms with E-state index in [0.29, 0.717) is 12.3 Å². The van der Waals surface area contributed by atoms with E-state index in [2.05, 4.69) is 19.2 Å². The normalized spacial score (nSPS) is 29.2. The summed E-state index contributed by atoms with van der Waals surface area (Å²) in [5, 5.41) is 3.21. The first-order valence-corrected chi connectivity index (χ1v) is 4.92. The molecule has 2 heteroatoms. The standard InChI is InChI=1S/C10H20FN/c1-8(2)6-10(3,11)9-4-5-12-7-9/h8-9,12H,4-7H2,1-3H3. The maximum atomic E-state index is 14.0. The Balaban J connectivity index is 2.45. The van der Waals surface area contributed by atoms with Crippen LogP contribution in [0.4, 0.5) is 4.39 Å². The minimum absolute atomic E-state index is 0.236. The molecule has 0 bridgehead atoms. The van der Waals surface area contributed by atoms with E-state index in [0.717, 1.165) is 19.5 Å². The van der Waals surface area contributed by atoms with Gasteiger partial charge in [0, 0.05) is 12.5 Å². The summed E-state index contributed by atoms with van der Waals surface area (Å²) in [5.41, 5.74) is -0.961. The van der Waals surface area contributed by atoms with Gasteiger partial charge in [0.25, 0.3) is 0 Å². The van der Waals surface area contributed by atoms with Crippen LogP contribution in [0.1, 0.15) is 33.6 Å². The molecule has 0 aromatic carbocycles. The lowest BCUT2D eigenvalue weighted by molar-refractivity contribution is 0.0863. The Kier molecular flexibility index (Phi) is 3.10. The van der Waals surface area contributed by atoms with Crippen LogP contribution in [0.2, 0.25) is 0 Å². The van der Waals surface area contributed by atoms with E-state index in [4.69, 9.17) is 0 Å². The van der Waals surface area contributed by atoms with Gasteiger partial charge in [0.05, 0.1) is 0 Å². The van der Waals surface area contributed by atoms with Crippen LogP contribution in [0.15, 0.2) is 0 Å². The molecule has 0 amide bonds. The van der Waals surface area contributed by atoms with E-state index in [1.165, 1.54) is 0 Å². The van der Waals surface area contributed by atoms with Crippen molar-refractivity contribution in [2.75, 3.05) is 13.1 Å². The first-order valence-electron chi connectivity index (χ1n) is 4.92. The lowest BCUT2D eigenvalue weighted by atomic mass is 9.83. The summed E-state index contributed by atoms with van der Waals surface area (Å²) in [6.07, 6.45) is 1.69. The van der Waals surface area contributed by atoms with Crippen LogP contribution in [0.3, 0.4) is 0 Å². The van der Waals surface area contributed by atoms with Crippen molar-refractivity contribution in [3.05, 3.63) is 0 Å². The van der Waals surface area contributed by atoms with Crippen LogP contribution >= 0.6 is 0 Å². The van der Waals surface area contributed by atoms with Crippen LogP contribution in [0.5, 0.6) is 0 Å². The van der Waals surface area contributed by atoms with Gasteiger partial charge in [-0.2, -0.15) is 0 Å². The summed E-state index contributed by atoms with van der Waals surface area (Å²) < 4.78 is 14.0. The van der Waals surface area contributed by atoms with Crippen LogP contribution in [0, 0.1) is 11.8 Å². The van der Waals surface area contributed by atoms with Gasteiger partial charge >= 0.3 is 0 Å². The second-order valence-electron chi connectivity index (χ2n) is 4.57. The minimum Gasteiger partial charge on any atom is -0.316 e. The van der Waals surface area contributed by atoms with Gasteiger partial charge in [0.1, 0.15) is 5.67 Å². The fourth-order valence-corrected chi connectivity index (χ4v) is 2.13. The molecule has 1 saturated heterocycles. The molecule has 1 rings (SSSR count). The maximum Gasteiger partial charge on any atom is 0.112 e. The third-order valence-corrected chi connectivity index (χ3v) is 2.72. The molecule has 0 saturated carbocycles. The largest absolute Gasteiger partial charge is 0.316 e. The van der Waals surface area contributed by atoms with Crippen molar-refractivity contribution >= 4 is 0 Å². The number of hydrogen-bond donors (Lipinski definition) is 1. The monoisotopic (exact) mass is 173 g/mol. The topological polar surface area (TPSA) is 12.0 Å². The van der Waals surface area contributed by atoms with Crippen LogP contribution in [-0.4, -0.2) is 18.8 Å². The minimum atomic E-state index is -0.961. The molecule has 72 valence electrons. The number of rotatable bonds is 3. The molecular weight excluding hydrogens is 153 g/mol. The summed E-state index contributed by atoms with van der Waals surface area (Å²) in [7, 11) is 0. The molecule has 0 radical (unpaired) electrons. The molecule has 1 N–H and O–H groups in total. The first-order chi connectivity index (χ1) is 5.52. The van der Waals surface area contributed by atoms with Crippen LogP contribution in [0.25, 0.3) is 0 Å². The van der Waals surface area contributed by atoms with E-state index < -0.39 is 5.67 Å². The molecular formula is C10H20FN. The number of alkyl halides is 1. The van der Waals surface area contributed by atoms with Gasteiger partial charge in [0.2, 0.25) is 0 Å². The fraction of sp³-hybridized carbons (Fsp3) is 1.00. The Hall–Kier alpha value is -0.110. The highest BCUT2D eigenvalue weighted by atomic mass is 19.1. The Bertz CT molecular complexity index is 137. The number of nitrogens with one attached hydrogen (secondary N) is 1. The third-order valence-electron chi connectivity index (χ3n) is 2.72. The van der Waals surface area contributed by atoms with Crippen molar-refractivity contribution in [2.24, 2.45) is 11.8 Å². The van der Waals surface area contributed by atoms with E-state index in [9.17, 15) is 4.39 Å². The van der Waals surface area contributed by atoms with Gasteiger partial charge in [-0.1, -0.05) is 13.8 Å². The molecule has 0 spiro atoms. The van der Waals surface area contributed by atoms with E-state index in [1.54, 1.807) is 6.92 Å². The summed E-state index contributed by atoms with van der Waals surface area (Å²) in [6.45, 7) is 7.77. The van der Waals surface area contributed by atoms with Gasteiger partial charge in [-0.3, -0.25) is 0 Å². The predicted octanol–water partition coefficient (Wildman–Crippen LogP) is 2.37. The quantitative estimate of drug-likeness (QED) is 0.691. The van der Waals surface area contributed by atoms with Gasteiger partial charge in [-0.25, -0.2) is 4.39 Å². The lowest BCUT2D eigenvalue weighted by Gasteiger charge is -2.28. The van der Waals surface area contributed by atoms with Crippen molar-refractivity contribution < 1.29 is 4.39 Å². The number of halogens is 1. The smallest absolute Gasteiger partial charge is 0.112 e. The molecule has 0 aliphatic carbocycles. The predicted molar refractivity (Wildman–Crippen MR) is 49.9 cm³/mol. The lowest BCUT2D eigenvalue weighted by Crippen LogP contribution is -2.32. The van der Waals surface area contributed by atoms with Crippen LogP contribution in [-0.2, 0) is 0 Å². The van der Waals surface area contributed by atoms with Gasteiger partial charge in [-0.05, 0) is 32.2 Å². The molecule has 2 atom stereocenters. The van der Waals surface area contributed by atoms with E-state index in [1.807, 2.05) is 0 Å². The molecule has 1 nitrogen and oxygen atoms in total. The van der Waals surface area contributed by atoms with E-state index in [-0.39, 0.29) is 5.92 Å². The highest BCUT2D eigenvalue weighted by Gasteiger charge is 2.36. The average Bonchev–Trinajstić information content (AvgIpc) is 2.32. The molecule has 1 fully saturated rings. The van der Waals surface area contributed by atoms with Crippen molar-refractivity contribution in [3.8, 4) is 0 Å². The summed E-state index contributed by atoms with van der Waals surface area (Å²) in [5.74, 6) is 0.695. The van der Waals surface area contributed by atoms with Gasteiger partial charge < -0.3 is 5.32 Å². The Morgan fingerprint density at radius 1 is 1.58 bits per heavy atom. The Labute approximate surface area is 74.7 Å². The molecule has 1 aliphatic heterocycles. The molecule has 0 aromatic rings. The average molecular weight is 173 g/mol. The first kappa shape index (κ1) is 9.97. The van der Waals surface area contributed by atoms with Crippen molar-refractivity contribution in [3.63, 3.8) is 0 Å². The van der Waals surface area contributed by atoms with Crippen LogP contribution < -0.4 is 5.32 Å². The zero-order valence-corrected chi connectivity index (χ0v) is 8.36. The van der Waals surface area contributed by atoms with Gasteiger partial charge in [-0.15, -0.1) is 0 Å². The van der Waals surface area contributed by atoms with Crippen molar-refractivity contribution in [1.82, 2.24) is 5.32 Å². The summed E-state index contributed by atoms with van der Waals surface area (Å²) in [6, 6.07) is 0.